The third-order valence-electron chi connectivity index (χ3n) is 3.99. The first-order valence-corrected chi connectivity index (χ1v) is 7.91. The Morgan fingerprint density at radius 2 is 1.96 bits per heavy atom. The molecule has 2 aromatic carbocycles. The highest BCUT2D eigenvalue weighted by atomic mass is 35.5. The van der Waals surface area contributed by atoms with Crippen LogP contribution >= 0.6 is 11.6 Å². The van der Waals surface area contributed by atoms with E-state index < -0.39 is 6.04 Å². The van der Waals surface area contributed by atoms with Gasteiger partial charge in [-0.3, -0.25) is 9.59 Å². The fourth-order valence-electron chi connectivity index (χ4n) is 2.79. The molecule has 0 aromatic heterocycles. The second kappa shape index (κ2) is 6.53. The van der Waals surface area contributed by atoms with Crippen molar-refractivity contribution in [2.24, 2.45) is 0 Å². The minimum Gasteiger partial charge on any atom is -0.495 e. The van der Waals surface area contributed by atoms with Gasteiger partial charge in [0.15, 0.2) is 0 Å². The van der Waals surface area contributed by atoms with Gasteiger partial charge in [-0.1, -0.05) is 29.8 Å². The summed E-state index contributed by atoms with van der Waals surface area (Å²) in [7, 11) is 1.54. The largest absolute Gasteiger partial charge is 0.495 e. The smallest absolute Gasteiger partial charge is 0.256 e. The number of halogens is 1. The molecule has 0 aliphatic carbocycles. The number of carbonyl (C=O) groups is 2. The van der Waals surface area contributed by atoms with Crippen LogP contribution in [0.5, 0.6) is 5.75 Å². The van der Waals surface area contributed by atoms with Crippen molar-refractivity contribution < 1.29 is 14.3 Å². The van der Waals surface area contributed by atoms with Crippen LogP contribution in [-0.2, 0) is 9.59 Å². The molecule has 1 fully saturated rings. The average Bonchev–Trinajstić information content (AvgIpc) is 2.82. The molecule has 0 radical (unpaired) electrons. The molecule has 1 aliphatic rings. The number of nitrogens with zero attached hydrogens (tertiary/aromatic N) is 1. The summed E-state index contributed by atoms with van der Waals surface area (Å²) in [5, 5.41) is 3.60. The van der Waals surface area contributed by atoms with Gasteiger partial charge in [-0.15, -0.1) is 0 Å². The number of amides is 2. The summed E-state index contributed by atoms with van der Waals surface area (Å²) in [6, 6.07) is 11.8. The van der Waals surface area contributed by atoms with E-state index in [1.165, 1.54) is 12.0 Å². The van der Waals surface area contributed by atoms with Crippen LogP contribution in [0.4, 0.5) is 11.4 Å². The summed E-state index contributed by atoms with van der Waals surface area (Å²) in [4.78, 5) is 26.3. The van der Waals surface area contributed by atoms with Crippen molar-refractivity contribution in [3.8, 4) is 5.75 Å². The number of imide groups is 1. The van der Waals surface area contributed by atoms with Crippen molar-refractivity contribution in [3.05, 3.63) is 53.1 Å². The molecule has 3 rings (SSSR count). The molecule has 1 atom stereocenters. The van der Waals surface area contributed by atoms with Gasteiger partial charge in [0.05, 0.1) is 24.9 Å². The zero-order chi connectivity index (χ0) is 17.3. The number of rotatable bonds is 4. The molecule has 1 heterocycles. The Kier molecular flexibility index (Phi) is 4.44. The Hall–Kier alpha value is -2.53. The van der Waals surface area contributed by atoms with E-state index >= 15 is 0 Å². The van der Waals surface area contributed by atoms with Gasteiger partial charge in [0.1, 0.15) is 11.8 Å². The Morgan fingerprint density at radius 3 is 2.67 bits per heavy atom. The summed E-state index contributed by atoms with van der Waals surface area (Å²) in [6.07, 6.45) is 0.0861. The highest BCUT2D eigenvalue weighted by Gasteiger charge is 2.40. The van der Waals surface area contributed by atoms with Crippen molar-refractivity contribution >= 4 is 34.8 Å². The topological polar surface area (TPSA) is 58.6 Å². The summed E-state index contributed by atoms with van der Waals surface area (Å²) in [5.74, 6) is 0.0538. The van der Waals surface area contributed by atoms with E-state index in [1.54, 1.807) is 24.3 Å². The number of anilines is 2. The van der Waals surface area contributed by atoms with Gasteiger partial charge in [-0.25, -0.2) is 4.90 Å². The van der Waals surface area contributed by atoms with Crippen molar-refractivity contribution in [2.75, 3.05) is 17.3 Å². The van der Waals surface area contributed by atoms with Crippen LogP contribution in [0.1, 0.15) is 12.0 Å². The van der Waals surface area contributed by atoms with Gasteiger partial charge in [-0.2, -0.15) is 0 Å². The fraction of sp³-hybridized carbons (Fsp3) is 0.222. The summed E-state index contributed by atoms with van der Waals surface area (Å²) in [5.41, 5.74) is 2.08. The lowest BCUT2D eigenvalue weighted by molar-refractivity contribution is -0.121. The number of benzene rings is 2. The summed E-state index contributed by atoms with van der Waals surface area (Å²) >= 11 is 6.01. The first-order valence-electron chi connectivity index (χ1n) is 7.53. The average molecular weight is 345 g/mol. The Labute approximate surface area is 145 Å². The van der Waals surface area contributed by atoms with Crippen LogP contribution in [0.2, 0.25) is 5.02 Å². The van der Waals surface area contributed by atoms with Gasteiger partial charge in [-0.05, 0) is 36.8 Å². The molecule has 1 N–H and O–H groups in total. The van der Waals surface area contributed by atoms with E-state index in [9.17, 15) is 9.59 Å². The second-order valence-electron chi connectivity index (χ2n) is 5.60. The molecule has 0 unspecified atom stereocenters. The molecule has 6 heteroatoms. The van der Waals surface area contributed by atoms with Crippen molar-refractivity contribution in [1.29, 1.82) is 0 Å². The van der Waals surface area contributed by atoms with Crippen LogP contribution in [-0.4, -0.2) is 25.0 Å². The van der Waals surface area contributed by atoms with Crippen LogP contribution in [0.3, 0.4) is 0 Å². The number of aryl methyl sites for hydroxylation is 1. The number of para-hydroxylation sites is 1. The van der Waals surface area contributed by atoms with Gasteiger partial charge < -0.3 is 10.1 Å². The number of ether oxygens (including phenoxy) is 1. The Morgan fingerprint density at radius 1 is 1.21 bits per heavy atom. The van der Waals surface area contributed by atoms with Crippen molar-refractivity contribution in [3.63, 3.8) is 0 Å². The molecular formula is C18H17ClN2O3. The molecular weight excluding hydrogens is 328 g/mol. The maximum atomic E-state index is 12.7. The molecule has 124 valence electrons. The molecule has 0 bridgehead atoms. The second-order valence-corrected chi connectivity index (χ2v) is 6.04. The maximum absolute atomic E-state index is 12.7. The molecule has 2 aromatic rings. The minimum absolute atomic E-state index is 0.0861. The van der Waals surface area contributed by atoms with Gasteiger partial charge >= 0.3 is 0 Å². The predicted octanol–water partition coefficient (Wildman–Crippen LogP) is 3.40. The van der Waals surface area contributed by atoms with Gasteiger partial charge in [0.2, 0.25) is 5.91 Å². The minimum atomic E-state index is -0.649. The van der Waals surface area contributed by atoms with Crippen molar-refractivity contribution in [2.45, 2.75) is 19.4 Å². The Bertz CT molecular complexity index is 807. The summed E-state index contributed by atoms with van der Waals surface area (Å²) in [6.45, 7) is 1.87. The van der Waals surface area contributed by atoms with Crippen LogP contribution in [0.25, 0.3) is 0 Å². The normalized spacial score (nSPS) is 17.3. The first kappa shape index (κ1) is 16.3. The number of methoxy groups -OCH3 is 1. The lowest BCUT2D eigenvalue weighted by Crippen LogP contribution is -2.35. The van der Waals surface area contributed by atoms with E-state index in [1.807, 2.05) is 25.1 Å². The van der Waals surface area contributed by atoms with Crippen LogP contribution in [0, 0.1) is 6.92 Å². The molecule has 1 aliphatic heterocycles. The standard InChI is InChI=1S/C18H17ClN2O3/c1-11-5-3-4-6-15(11)21-17(22)10-14(18(21)23)20-13-9-12(19)7-8-16(13)24-2/h3-9,14,20H,10H2,1-2H3/t14-/m1/s1. The molecule has 24 heavy (non-hydrogen) atoms. The zero-order valence-electron chi connectivity index (χ0n) is 13.4. The highest BCUT2D eigenvalue weighted by molar-refractivity contribution is 6.31. The third-order valence-corrected chi connectivity index (χ3v) is 4.23. The van der Waals surface area contributed by atoms with E-state index in [2.05, 4.69) is 5.32 Å². The number of carbonyl (C=O) groups excluding carboxylic acids is 2. The third kappa shape index (κ3) is 2.95. The monoisotopic (exact) mass is 344 g/mol. The van der Waals surface area contributed by atoms with Crippen LogP contribution in [0.15, 0.2) is 42.5 Å². The summed E-state index contributed by atoms with van der Waals surface area (Å²) < 4.78 is 5.27. The number of nitrogens with one attached hydrogen (secondary N) is 1. The van der Waals surface area contributed by atoms with Crippen molar-refractivity contribution in [1.82, 2.24) is 0 Å². The van der Waals surface area contributed by atoms with E-state index in [-0.39, 0.29) is 18.2 Å². The SMILES string of the molecule is COc1ccc(Cl)cc1N[C@@H]1CC(=O)N(c2ccccc2C)C1=O. The molecule has 0 saturated carbocycles. The molecule has 1 saturated heterocycles. The zero-order valence-corrected chi connectivity index (χ0v) is 14.1. The van der Waals surface area contributed by atoms with E-state index in [0.29, 0.717) is 22.1 Å². The van der Waals surface area contributed by atoms with Crippen LogP contribution < -0.4 is 15.0 Å². The lowest BCUT2D eigenvalue weighted by Gasteiger charge is -2.18. The first-order chi connectivity index (χ1) is 11.5. The highest BCUT2D eigenvalue weighted by Crippen LogP contribution is 2.32. The molecule has 5 nitrogen and oxygen atoms in total. The quantitative estimate of drug-likeness (QED) is 0.864. The van der Waals surface area contributed by atoms with E-state index in [4.69, 9.17) is 16.3 Å². The van der Waals surface area contributed by atoms with E-state index in [0.717, 1.165) is 5.56 Å². The number of hydrogen-bond acceptors (Lipinski definition) is 4. The lowest BCUT2D eigenvalue weighted by atomic mass is 10.2. The fourth-order valence-corrected chi connectivity index (χ4v) is 2.96. The number of hydrogen-bond donors (Lipinski definition) is 1. The predicted molar refractivity (Wildman–Crippen MR) is 93.7 cm³/mol. The molecule has 2 amide bonds. The Balaban J connectivity index is 1.88. The molecule has 0 spiro atoms. The van der Waals surface area contributed by atoms with Gasteiger partial charge in [0, 0.05) is 5.02 Å². The van der Waals surface area contributed by atoms with Gasteiger partial charge in [0.25, 0.3) is 5.91 Å². The maximum Gasteiger partial charge on any atom is 0.256 e.